The summed E-state index contributed by atoms with van der Waals surface area (Å²) in [5.74, 6) is 3.07. The lowest BCUT2D eigenvalue weighted by atomic mass is 9.80. The van der Waals surface area contributed by atoms with Crippen molar-refractivity contribution in [2.45, 2.75) is 24.8 Å². The van der Waals surface area contributed by atoms with E-state index in [1.807, 2.05) is 12.3 Å². The van der Waals surface area contributed by atoms with Crippen LogP contribution < -0.4 is 20.5 Å². The number of aromatic nitrogens is 3. The normalized spacial score (nSPS) is 23.4. The third-order valence-corrected chi connectivity index (χ3v) is 6.23. The summed E-state index contributed by atoms with van der Waals surface area (Å²) in [5.41, 5.74) is 9.19. The van der Waals surface area contributed by atoms with Crippen molar-refractivity contribution < 1.29 is 4.74 Å². The van der Waals surface area contributed by atoms with Gasteiger partial charge < -0.3 is 14.6 Å². The van der Waals surface area contributed by atoms with E-state index in [9.17, 15) is 0 Å². The molecule has 2 atom stereocenters. The van der Waals surface area contributed by atoms with E-state index in [0.29, 0.717) is 17.9 Å². The minimum absolute atomic E-state index is 0.437. The van der Waals surface area contributed by atoms with Crippen molar-refractivity contribution in [2.75, 3.05) is 31.6 Å². The van der Waals surface area contributed by atoms with E-state index in [-0.39, 0.29) is 0 Å². The molecule has 146 valence electrons. The Kier molecular flexibility index (Phi) is 4.62. The highest BCUT2D eigenvalue weighted by atomic mass is 16.5. The van der Waals surface area contributed by atoms with E-state index in [4.69, 9.17) is 4.74 Å². The second-order valence-corrected chi connectivity index (χ2v) is 7.70. The van der Waals surface area contributed by atoms with Gasteiger partial charge >= 0.3 is 0 Å². The van der Waals surface area contributed by atoms with Crippen molar-refractivity contribution >= 4 is 16.9 Å². The van der Waals surface area contributed by atoms with E-state index in [1.54, 1.807) is 13.4 Å². The van der Waals surface area contributed by atoms with Gasteiger partial charge in [0, 0.05) is 37.8 Å². The number of hydrogen-bond acceptors (Lipinski definition) is 6. The third-order valence-electron chi connectivity index (χ3n) is 6.23. The monoisotopic (exact) mass is 378 g/mol. The van der Waals surface area contributed by atoms with E-state index in [1.165, 1.54) is 5.56 Å². The van der Waals surface area contributed by atoms with Crippen molar-refractivity contribution in [3.63, 3.8) is 0 Å². The Balaban J connectivity index is 1.30. The Morgan fingerprint density at radius 1 is 1.14 bits per heavy atom. The minimum atomic E-state index is 0.437. The molecule has 2 aliphatic heterocycles. The van der Waals surface area contributed by atoms with E-state index in [2.05, 4.69) is 55.0 Å². The van der Waals surface area contributed by atoms with Gasteiger partial charge in [-0.25, -0.2) is 9.97 Å². The first-order chi connectivity index (χ1) is 13.8. The number of nitrogens with zero attached hydrogens (tertiary/aromatic N) is 3. The van der Waals surface area contributed by atoms with Crippen molar-refractivity contribution in [1.29, 1.82) is 0 Å². The topological polar surface area (TPSA) is 78.1 Å². The average molecular weight is 378 g/mol. The molecular weight excluding hydrogens is 352 g/mol. The maximum absolute atomic E-state index is 5.42. The van der Waals surface area contributed by atoms with Crippen LogP contribution in [0.15, 0.2) is 42.9 Å². The molecule has 1 aromatic carbocycles. The molecule has 0 aliphatic carbocycles. The fraction of sp³-hybridized carbons (Fsp3) is 0.429. The number of methoxy groups -OCH3 is 1. The summed E-state index contributed by atoms with van der Waals surface area (Å²) in [5, 5.41) is 1.11. The number of fused-ring (bicyclic) bond motifs is 1. The third kappa shape index (κ3) is 3.10. The Bertz CT molecular complexity index is 949. The maximum Gasteiger partial charge on any atom is 0.142 e. The van der Waals surface area contributed by atoms with E-state index < -0.39 is 0 Å². The Labute approximate surface area is 164 Å². The molecule has 0 amide bonds. The van der Waals surface area contributed by atoms with Gasteiger partial charge in [0.25, 0.3) is 0 Å². The fourth-order valence-electron chi connectivity index (χ4n) is 4.74. The predicted molar refractivity (Wildman–Crippen MR) is 109 cm³/mol. The molecule has 5 rings (SSSR count). The van der Waals surface area contributed by atoms with Crippen LogP contribution in [0.4, 0.5) is 5.82 Å². The standard InChI is InChI=1S/C21H26N6O/c1-28-16-4-2-3-15(11-16)18-12-25-26-19(18)14-6-9-27(10-7-14)21-17-5-8-22-20(17)23-13-24-21/h2-5,8,11,13-14,18-19,25-26H,6-7,9-10,12H2,1H3,(H,22,23,24). The molecule has 4 heterocycles. The largest absolute Gasteiger partial charge is 0.497 e. The number of benzene rings is 1. The van der Waals surface area contributed by atoms with E-state index in [0.717, 1.165) is 55.1 Å². The van der Waals surface area contributed by atoms with Crippen LogP contribution in [0.3, 0.4) is 0 Å². The van der Waals surface area contributed by atoms with Gasteiger partial charge in [0.1, 0.15) is 23.5 Å². The molecule has 2 saturated heterocycles. The molecule has 3 N–H and O–H groups in total. The quantitative estimate of drug-likeness (QED) is 0.647. The molecule has 3 aromatic rings. The predicted octanol–water partition coefficient (Wildman–Crippen LogP) is 2.44. The Morgan fingerprint density at radius 2 is 2.04 bits per heavy atom. The summed E-state index contributed by atoms with van der Waals surface area (Å²) in [4.78, 5) is 14.5. The van der Waals surface area contributed by atoms with Crippen LogP contribution in [0.25, 0.3) is 11.0 Å². The summed E-state index contributed by atoms with van der Waals surface area (Å²) < 4.78 is 5.42. The van der Waals surface area contributed by atoms with Gasteiger partial charge in [0.05, 0.1) is 12.5 Å². The highest BCUT2D eigenvalue weighted by Gasteiger charge is 2.36. The smallest absolute Gasteiger partial charge is 0.142 e. The molecule has 7 heteroatoms. The van der Waals surface area contributed by atoms with Gasteiger partial charge in [0.2, 0.25) is 0 Å². The van der Waals surface area contributed by atoms with Gasteiger partial charge in [-0.15, -0.1) is 0 Å². The molecule has 2 aliphatic rings. The van der Waals surface area contributed by atoms with Crippen LogP contribution in [-0.2, 0) is 0 Å². The van der Waals surface area contributed by atoms with Crippen LogP contribution in [0, 0.1) is 5.92 Å². The summed E-state index contributed by atoms with van der Waals surface area (Å²) in [6.45, 7) is 2.99. The number of nitrogens with one attached hydrogen (secondary N) is 3. The molecule has 2 unspecified atom stereocenters. The zero-order valence-electron chi connectivity index (χ0n) is 16.1. The Hall–Kier alpha value is -2.64. The summed E-state index contributed by atoms with van der Waals surface area (Å²) >= 11 is 0. The average Bonchev–Trinajstić information content (AvgIpc) is 3.43. The van der Waals surface area contributed by atoms with Gasteiger partial charge in [-0.3, -0.25) is 10.9 Å². The molecule has 0 radical (unpaired) electrons. The van der Waals surface area contributed by atoms with Gasteiger partial charge in [-0.05, 0) is 42.5 Å². The first-order valence-corrected chi connectivity index (χ1v) is 9.99. The highest BCUT2D eigenvalue weighted by molar-refractivity contribution is 5.87. The van der Waals surface area contributed by atoms with Gasteiger partial charge in [-0.2, -0.15) is 0 Å². The van der Waals surface area contributed by atoms with Crippen LogP contribution >= 0.6 is 0 Å². The number of piperidine rings is 1. The number of aromatic amines is 1. The van der Waals surface area contributed by atoms with Gasteiger partial charge in [0.15, 0.2) is 0 Å². The van der Waals surface area contributed by atoms with Gasteiger partial charge in [-0.1, -0.05) is 12.1 Å². The summed E-state index contributed by atoms with van der Waals surface area (Å²) in [6, 6.07) is 11.0. The number of anilines is 1. The minimum Gasteiger partial charge on any atom is -0.497 e. The number of hydrogen-bond donors (Lipinski definition) is 3. The highest BCUT2D eigenvalue weighted by Crippen LogP contribution is 2.35. The second kappa shape index (κ2) is 7.41. The van der Waals surface area contributed by atoms with Crippen molar-refractivity contribution in [1.82, 2.24) is 25.8 Å². The number of hydrazine groups is 1. The van der Waals surface area contributed by atoms with Crippen LogP contribution in [-0.4, -0.2) is 47.7 Å². The fourth-order valence-corrected chi connectivity index (χ4v) is 4.74. The second-order valence-electron chi connectivity index (χ2n) is 7.70. The SMILES string of the molecule is COc1cccc(C2CNNC2C2CCN(c3ncnc4[nH]ccc34)CC2)c1. The lowest BCUT2D eigenvalue weighted by molar-refractivity contribution is 0.295. The molecular formula is C21H26N6O. The molecule has 0 spiro atoms. The van der Waals surface area contributed by atoms with Crippen LogP contribution in [0.1, 0.15) is 24.3 Å². The Morgan fingerprint density at radius 3 is 2.89 bits per heavy atom. The number of ether oxygens (including phenoxy) is 1. The lowest BCUT2D eigenvalue weighted by Crippen LogP contribution is -2.44. The molecule has 0 bridgehead atoms. The molecule has 0 saturated carbocycles. The molecule has 28 heavy (non-hydrogen) atoms. The molecule has 2 fully saturated rings. The first kappa shape index (κ1) is 17.5. The van der Waals surface area contributed by atoms with Crippen LogP contribution in [0.5, 0.6) is 5.75 Å². The van der Waals surface area contributed by atoms with Crippen molar-refractivity contribution in [3.8, 4) is 5.75 Å². The molecule has 2 aromatic heterocycles. The van der Waals surface area contributed by atoms with Crippen molar-refractivity contribution in [2.24, 2.45) is 5.92 Å². The zero-order chi connectivity index (χ0) is 18.9. The van der Waals surface area contributed by atoms with Crippen LogP contribution in [0.2, 0.25) is 0 Å². The van der Waals surface area contributed by atoms with E-state index >= 15 is 0 Å². The molecule has 7 nitrogen and oxygen atoms in total. The lowest BCUT2D eigenvalue weighted by Gasteiger charge is -2.37. The summed E-state index contributed by atoms with van der Waals surface area (Å²) in [7, 11) is 1.73. The summed E-state index contributed by atoms with van der Waals surface area (Å²) in [6.07, 6.45) is 5.88. The zero-order valence-corrected chi connectivity index (χ0v) is 16.1. The maximum atomic E-state index is 5.42. The number of rotatable bonds is 4. The van der Waals surface area contributed by atoms with Crippen molar-refractivity contribution in [3.05, 3.63) is 48.4 Å². The number of H-pyrrole nitrogens is 1. The first-order valence-electron chi connectivity index (χ1n) is 9.99.